The van der Waals surface area contributed by atoms with Crippen molar-refractivity contribution in [1.29, 1.82) is 0 Å². The van der Waals surface area contributed by atoms with E-state index in [0.717, 1.165) is 35.8 Å². The highest BCUT2D eigenvalue weighted by molar-refractivity contribution is 5.94. The fourth-order valence-electron chi connectivity index (χ4n) is 3.95. The predicted octanol–water partition coefficient (Wildman–Crippen LogP) is 3.70. The van der Waals surface area contributed by atoms with Crippen molar-refractivity contribution in [3.05, 3.63) is 68.4 Å². The van der Waals surface area contributed by atoms with Gasteiger partial charge in [-0.2, -0.15) is 0 Å². The van der Waals surface area contributed by atoms with E-state index < -0.39 is 11.2 Å². The summed E-state index contributed by atoms with van der Waals surface area (Å²) in [5, 5.41) is 3.34. The predicted molar refractivity (Wildman–Crippen MR) is 133 cm³/mol. The Labute approximate surface area is 198 Å². The molecule has 3 aromatic rings. The minimum absolute atomic E-state index is 0.0786. The highest BCUT2D eigenvalue weighted by Gasteiger charge is 2.14. The van der Waals surface area contributed by atoms with Crippen molar-refractivity contribution in [2.75, 3.05) is 20.8 Å². The molecular formula is C26H33N3O5. The van der Waals surface area contributed by atoms with Gasteiger partial charge in [0, 0.05) is 18.2 Å². The number of hydrogen-bond donors (Lipinski definition) is 2. The van der Waals surface area contributed by atoms with Crippen LogP contribution in [0.4, 0.5) is 0 Å². The summed E-state index contributed by atoms with van der Waals surface area (Å²) < 4.78 is 11.7. The molecule has 0 spiro atoms. The van der Waals surface area contributed by atoms with E-state index >= 15 is 0 Å². The molecule has 0 saturated heterocycles. The fourth-order valence-corrected chi connectivity index (χ4v) is 3.95. The Kier molecular flexibility index (Phi) is 8.51. The monoisotopic (exact) mass is 467 g/mol. The van der Waals surface area contributed by atoms with Crippen molar-refractivity contribution >= 4 is 16.8 Å². The molecule has 1 heterocycles. The van der Waals surface area contributed by atoms with Gasteiger partial charge in [-0.1, -0.05) is 45.2 Å². The molecule has 1 aromatic heterocycles. The largest absolute Gasteiger partial charge is 0.493 e. The average molecular weight is 468 g/mol. The van der Waals surface area contributed by atoms with Crippen LogP contribution in [0.3, 0.4) is 0 Å². The summed E-state index contributed by atoms with van der Waals surface area (Å²) >= 11 is 0. The highest BCUT2D eigenvalue weighted by Crippen LogP contribution is 2.29. The van der Waals surface area contributed by atoms with Crippen LogP contribution < -0.4 is 26.0 Å². The minimum Gasteiger partial charge on any atom is -0.493 e. The lowest BCUT2D eigenvalue weighted by Gasteiger charge is -2.15. The summed E-state index contributed by atoms with van der Waals surface area (Å²) in [5.74, 6) is 1.19. The molecule has 0 aliphatic carbocycles. The maximum Gasteiger partial charge on any atom is 0.329 e. The van der Waals surface area contributed by atoms with Gasteiger partial charge in [0.15, 0.2) is 11.5 Å². The van der Waals surface area contributed by atoms with E-state index in [1.54, 1.807) is 36.4 Å². The first-order valence-corrected chi connectivity index (χ1v) is 11.7. The number of benzene rings is 2. The standard InChI is InChI=1S/C26H33N3O5/c1-5-7-8-17(6-2)15-27-24(30)19-11-9-18(10-12-19)16-29-25(31)20-13-22(33-3)23(34-4)14-21(20)28-26(29)32/h9-14,17H,5-8,15-16H2,1-4H3,(H,27,30)(H,28,32)/t17-/m1/s1. The first kappa shape index (κ1) is 25.1. The second kappa shape index (κ2) is 11.5. The Hall–Kier alpha value is -3.55. The highest BCUT2D eigenvalue weighted by atomic mass is 16.5. The number of fused-ring (bicyclic) bond motifs is 1. The van der Waals surface area contributed by atoms with Gasteiger partial charge >= 0.3 is 5.69 Å². The van der Waals surface area contributed by atoms with Crippen LogP contribution in [0.5, 0.6) is 11.5 Å². The number of nitrogens with one attached hydrogen (secondary N) is 2. The van der Waals surface area contributed by atoms with E-state index in [0.29, 0.717) is 40.4 Å². The molecule has 2 N–H and O–H groups in total. The SMILES string of the molecule is CCCC[C@@H](CC)CNC(=O)c1ccc(Cn2c(=O)[nH]c3cc(OC)c(OC)cc3c2=O)cc1. The number of rotatable bonds is 11. The van der Waals surface area contributed by atoms with Crippen LogP contribution in [0.15, 0.2) is 46.0 Å². The number of unbranched alkanes of at least 4 members (excludes halogenated alkanes) is 1. The third-order valence-corrected chi connectivity index (χ3v) is 6.14. The van der Waals surface area contributed by atoms with Crippen molar-refractivity contribution in [2.24, 2.45) is 5.92 Å². The number of hydrogen-bond acceptors (Lipinski definition) is 5. The van der Waals surface area contributed by atoms with Crippen LogP contribution >= 0.6 is 0 Å². The molecule has 0 aliphatic rings. The lowest BCUT2D eigenvalue weighted by atomic mass is 9.99. The summed E-state index contributed by atoms with van der Waals surface area (Å²) in [6.45, 7) is 5.05. The lowest BCUT2D eigenvalue weighted by Crippen LogP contribution is -2.35. The van der Waals surface area contributed by atoms with Crippen molar-refractivity contribution < 1.29 is 14.3 Å². The maximum atomic E-state index is 13.0. The smallest absolute Gasteiger partial charge is 0.329 e. The topological polar surface area (TPSA) is 102 Å². The first-order chi connectivity index (χ1) is 16.4. The van der Waals surface area contributed by atoms with Gasteiger partial charge in [0.2, 0.25) is 0 Å². The first-order valence-electron chi connectivity index (χ1n) is 11.7. The Bertz CT molecular complexity index is 1240. The Morgan fingerprint density at radius 2 is 1.74 bits per heavy atom. The Balaban J connectivity index is 1.77. The van der Waals surface area contributed by atoms with Gasteiger partial charge in [-0.15, -0.1) is 0 Å². The third kappa shape index (κ3) is 5.68. The zero-order valence-electron chi connectivity index (χ0n) is 20.3. The van der Waals surface area contributed by atoms with Gasteiger partial charge < -0.3 is 19.8 Å². The third-order valence-electron chi connectivity index (χ3n) is 6.14. The summed E-state index contributed by atoms with van der Waals surface area (Å²) in [4.78, 5) is 40.9. The molecular weight excluding hydrogens is 434 g/mol. The molecule has 3 rings (SSSR count). The van der Waals surface area contributed by atoms with Crippen LogP contribution in [-0.2, 0) is 6.54 Å². The summed E-state index contributed by atoms with van der Waals surface area (Å²) in [7, 11) is 2.97. The van der Waals surface area contributed by atoms with E-state index in [-0.39, 0.29) is 12.5 Å². The van der Waals surface area contributed by atoms with E-state index in [2.05, 4.69) is 24.1 Å². The van der Waals surface area contributed by atoms with Crippen LogP contribution in [0.2, 0.25) is 0 Å². The van der Waals surface area contributed by atoms with E-state index in [1.807, 2.05) is 0 Å². The molecule has 0 unspecified atom stereocenters. The molecule has 8 heteroatoms. The molecule has 1 atom stereocenters. The molecule has 0 fully saturated rings. The number of aromatic nitrogens is 2. The van der Waals surface area contributed by atoms with Crippen molar-refractivity contribution in [3.8, 4) is 11.5 Å². The molecule has 0 saturated carbocycles. The molecule has 0 bridgehead atoms. The quantitative estimate of drug-likeness (QED) is 0.448. The molecule has 34 heavy (non-hydrogen) atoms. The van der Waals surface area contributed by atoms with Crippen LogP contribution in [0.1, 0.15) is 55.5 Å². The van der Waals surface area contributed by atoms with Gasteiger partial charge in [0.1, 0.15) is 0 Å². The van der Waals surface area contributed by atoms with Crippen molar-refractivity contribution in [1.82, 2.24) is 14.9 Å². The van der Waals surface area contributed by atoms with E-state index in [4.69, 9.17) is 9.47 Å². The molecule has 8 nitrogen and oxygen atoms in total. The average Bonchev–Trinajstić information content (AvgIpc) is 2.86. The number of carbonyl (C=O) groups excluding carboxylic acids is 1. The van der Waals surface area contributed by atoms with E-state index in [9.17, 15) is 14.4 Å². The molecule has 0 aliphatic heterocycles. The number of aromatic amines is 1. The number of nitrogens with zero attached hydrogens (tertiary/aromatic N) is 1. The molecule has 0 radical (unpaired) electrons. The Morgan fingerprint density at radius 1 is 1.06 bits per heavy atom. The van der Waals surface area contributed by atoms with Crippen LogP contribution in [0.25, 0.3) is 10.9 Å². The van der Waals surface area contributed by atoms with Gasteiger partial charge in [0.25, 0.3) is 11.5 Å². The van der Waals surface area contributed by atoms with Gasteiger partial charge in [-0.3, -0.25) is 14.2 Å². The second-order valence-corrected chi connectivity index (χ2v) is 8.40. The van der Waals surface area contributed by atoms with E-state index in [1.165, 1.54) is 14.2 Å². The number of H-pyrrole nitrogens is 1. The van der Waals surface area contributed by atoms with Crippen molar-refractivity contribution in [3.63, 3.8) is 0 Å². The lowest BCUT2D eigenvalue weighted by molar-refractivity contribution is 0.0946. The van der Waals surface area contributed by atoms with Crippen molar-refractivity contribution in [2.45, 2.75) is 46.1 Å². The zero-order valence-corrected chi connectivity index (χ0v) is 20.3. The Morgan fingerprint density at radius 3 is 2.35 bits per heavy atom. The number of methoxy groups -OCH3 is 2. The number of ether oxygens (including phenoxy) is 2. The molecule has 182 valence electrons. The molecule has 1 amide bonds. The summed E-state index contributed by atoms with van der Waals surface area (Å²) in [5.41, 5.74) is 0.702. The normalized spacial score (nSPS) is 11.9. The van der Waals surface area contributed by atoms with Gasteiger partial charge in [-0.05, 0) is 36.1 Å². The number of carbonyl (C=O) groups is 1. The minimum atomic E-state index is -0.524. The number of amides is 1. The van der Waals surface area contributed by atoms with Crippen LogP contribution in [-0.4, -0.2) is 36.2 Å². The summed E-state index contributed by atoms with van der Waals surface area (Å²) in [6, 6.07) is 10.1. The van der Waals surface area contributed by atoms with Crippen LogP contribution in [0, 0.1) is 5.92 Å². The maximum absolute atomic E-state index is 13.0. The molecule has 2 aromatic carbocycles. The fraction of sp³-hybridized carbons (Fsp3) is 0.423. The zero-order chi connectivity index (χ0) is 24.7. The second-order valence-electron chi connectivity index (χ2n) is 8.40. The summed E-state index contributed by atoms with van der Waals surface area (Å²) in [6.07, 6.45) is 4.46. The van der Waals surface area contributed by atoms with Gasteiger partial charge in [0.05, 0.1) is 31.7 Å². The van der Waals surface area contributed by atoms with Gasteiger partial charge in [-0.25, -0.2) is 4.79 Å².